The first-order valence-electron chi connectivity index (χ1n) is 9.08. The lowest BCUT2D eigenvalue weighted by Crippen LogP contribution is -2.38. The number of hydrogen-bond donors (Lipinski definition) is 1. The molecule has 128 valence electrons. The Balaban J connectivity index is 1.57. The van der Waals surface area contributed by atoms with E-state index in [1.54, 1.807) is 0 Å². The number of nitrogens with one attached hydrogen (secondary N) is 1. The van der Waals surface area contributed by atoms with Gasteiger partial charge in [0.1, 0.15) is 7.05 Å². The summed E-state index contributed by atoms with van der Waals surface area (Å²) in [5.41, 5.74) is 10.2. The number of aryl methyl sites for hydroxylation is 1. The van der Waals surface area contributed by atoms with Crippen molar-refractivity contribution in [2.24, 2.45) is 0 Å². The van der Waals surface area contributed by atoms with Gasteiger partial charge in [0.2, 0.25) is 5.69 Å². The van der Waals surface area contributed by atoms with Crippen molar-refractivity contribution < 1.29 is 4.58 Å². The summed E-state index contributed by atoms with van der Waals surface area (Å²) in [4.78, 5) is 0. The fourth-order valence-corrected chi connectivity index (χ4v) is 4.18. The van der Waals surface area contributed by atoms with Crippen LogP contribution in [0.3, 0.4) is 0 Å². The number of allylic oxidation sites excluding steroid dienone is 1. The number of anilines is 1. The molecule has 0 saturated carbocycles. The number of hydrazine groups is 1. The van der Waals surface area contributed by atoms with Crippen LogP contribution in [0.25, 0.3) is 0 Å². The van der Waals surface area contributed by atoms with Crippen molar-refractivity contribution >= 4 is 17.1 Å². The van der Waals surface area contributed by atoms with Crippen LogP contribution in [0.4, 0.5) is 11.4 Å². The van der Waals surface area contributed by atoms with Gasteiger partial charge in [-0.3, -0.25) is 5.01 Å². The molecule has 0 amide bonds. The Hall–Kier alpha value is -2.55. The van der Waals surface area contributed by atoms with Gasteiger partial charge in [0.15, 0.2) is 5.71 Å². The van der Waals surface area contributed by atoms with E-state index in [0.29, 0.717) is 0 Å². The van der Waals surface area contributed by atoms with Crippen molar-refractivity contribution in [3.05, 3.63) is 71.9 Å². The summed E-state index contributed by atoms with van der Waals surface area (Å²) in [5, 5.41) is 2.25. The molecule has 0 atom stereocenters. The predicted octanol–water partition coefficient (Wildman–Crippen LogP) is 4.16. The summed E-state index contributed by atoms with van der Waals surface area (Å²) in [7, 11) is 2.16. The lowest BCUT2D eigenvalue weighted by atomic mass is 9.81. The third-order valence-corrected chi connectivity index (χ3v) is 5.52. The second-order valence-electron chi connectivity index (χ2n) is 7.43. The molecule has 0 unspecified atom stereocenters. The van der Waals surface area contributed by atoms with Crippen LogP contribution in [0.2, 0.25) is 0 Å². The van der Waals surface area contributed by atoms with Crippen LogP contribution in [0.15, 0.2) is 60.8 Å². The predicted molar refractivity (Wildman–Crippen MR) is 105 cm³/mol. The van der Waals surface area contributed by atoms with Gasteiger partial charge < -0.3 is 5.43 Å². The normalized spacial score (nSPS) is 18.4. The molecule has 3 heteroatoms. The van der Waals surface area contributed by atoms with E-state index in [0.717, 1.165) is 6.54 Å². The lowest BCUT2D eigenvalue weighted by Gasteiger charge is -2.30. The Morgan fingerprint density at radius 2 is 1.84 bits per heavy atom. The molecule has 1 N–H and O–H groups in total. The summed E-state index contributed by atoms with van der Waals surface area (Å²) in [6, 6.07) is 17.3. The van der Waals surface area contributed by atoms with Gasteiger partial charge >= 0.3 is 0 Å². The average Bonchev–Trinajstić information content (AvgIpc) is 2.83. The SMILES string of the molecule is C[N+]1=C(C=CNN2CCCc3ccccc32)C(C)(C)c2ccccc21. The molecule has 0 spiro atoms. The Bertz CT molecular complexity index is 861. The zero-order valence-corrected chi connectivity index (χ0v) is 15.3. The highest BCUT2D eigenvalue weighted by Crippen LogP contribution is 2.38. The fraction of sp³-hybridized carbons (Fsp3) is 0.318. The van der Waals surface area contributed by atoms with Crippen LogP contribution in [0.1, 0.15) is 31.4 Å². The monoisotopic (exact) mass is 332 g/mol. The minimum Gasteiger partial charge on any atom is -0.305 e. The molecule has 4 rings (SSSR count). The van der Waals surface area contributed by atoms with Crippen molar-refractivity contribution in [3.8, 4) is 0 Å². The van der Waals surface area contributed by atoms with Gasteiger partial charge in [-0.25, -0.2) is 0 Å². The minimum absolute atomic E-state index is 0.0172. The van der Waals surface area contributed by atoms with Crippen molar-refractivity contribution in [1.82, 2.24) is 5.43 Å². The van der Waals surface area contributed by atoms with Gasteiger partial charge in [-0.2, -0.15) is 4.58 Å². The topological polar surface area (TPSA) is 18.3 Å². The highest BCUT2D eigenvalue weighted by atomic mass is 15.5. The van der Waals surface area contributed by atoms with E-state index in [1.165, 1.54) is 41.1 Å². The standard InChI is InChI=1S/C22H25N3/c1-22(2)18-11-5-7-13-20(18)24(3)21(22)14-15-23-25-16-8-10-17-9-4-6-12-19(17)25/h4-7,9,11-15H,8,10,16H2,1-3H3/p+1. The van der Waals surface area contributed by atoms with E-state index in [2.05, 4.69) is 96.7 Å². The maximum atomic E-state index is 3.50. The van der Waals surface area contributed by atoms with Gasteiger partial charge in [0.25, 0.3) is 0 Å². The van der Waals surface area contributed by atoms with E-state index in [9.17, 15) is 0 Å². The molecule has 0 aliphatic carbocycles. The molecule has 0 aromatic heterocycles. The fourth-order valence-electron chi connectivity index (χ4n) is 4.18. The van der Waals surface area contributed by atoms with E-state index >= 15 is 0 Å². The van der Waals surface area contributed by atoms with Crippen LogP contribution in [0.5, 0.6) is 0 Å². The first-order valence-corrected chi connectivity index (χ1v) is 9.08. The number of hydrogen-bond acceptors (Lipinski definition) is 2. The van der Waals surface area contributed by atoms with Crippen LogP contribution in [-0.2, 0) is 11.8 Å². The van der Waals surface area contributed by atoms with Crippen LogP contribution in [0, 0.1) is 0 Å². The van der Waals surface area contributed by atoms with Crippen LogP contribution in [-0.4, -0.2) is 23.9 Å². The number of nitrogens with zero attached hydrogens (tertiary/aromatic N) is 2. The quantitative estimate of drug-likeness (QED) is 0.851. The molecule has 0 fully saturated rings. The summed E-state index contributed by atoms with van der Waals surface area (Å²) in [6.45, 7) is 5.63. The Labute approximate surface area is 150 Å². The highest BCUT2D eigenvalue weighted by molar-refractivity contribution is 6.02. The first-order chi connectivity index (χ1) is 12.1. The van der Waals surface area contributed by atoms with Gasteiger partial charge in [-0.1, -0.05) is 36.4 Å². The summed E-state index contributed by atoms with van der Waals surface area (Å²) < 4.78 is 2.30. The molecule has 2 aromatic carbocycles. The smallest absolute Gasteiger partial charge is 0.209 e. The third-order valence-electron chi connectivity index (χ3n) is 5.52. The number of fused-ring (bicyclic) bond motifs is 2. The van der Waals surface area contributed by atoms with Crippen LogP contribution < -0.4 is 10.4 Å². The molecule has 0 radical (unpaired) electrons. The van der Waals surface area contributed by atoms with Gasteiger partial charge in [0, 0.05) is 30.5 Å². The third kappa shape index (κ3) is 2.64. The summed E-state index contributed by atoms with van der Waals surface area (Å²) in [6.07, 6.45) is 6.66. The van der Waals surface area contributed by atoms with E-state index in [1.807, 2.05) is 0 Å². The zero-order chi connectivity index (χ0) is 17.4. The van der Waals surface area contributed by atoms with Crippen molar-refractivity contribution in [2.75, 3.05) is 18.6 Å². The van der Waals surface area contributed by atoms with E-state index in [4.69, 9.17) is 0 Å². The molecule has 0 saturated heterocycles. The Kier molecular flexibility index (Phi) is 3.87. The van der Waals surface area contributed by atoms with Gasteiger partial charge in [0.05, 0.1) is 11.1 Å². The zero-order valence-electron chi connectivity index (χ0n) is 15.3. The molecule has 0 bridgehead atoms. The van der Waals surface area contributed by atoms with Crippen LogP contribution >= 0.6 is 0 Å². The minimum atomic E-state index is 0.0172. The maximum Gasteiger partial charge on any atom is 0.209 e. The molecular formula is C22H26N3+. The van der Waals surface area contributed by atoms with Gasteiger partial charge in [-0.15, -0.1) is 0 Å². The Morgan fingerprint density at radius 3 is 2.68 bits per heavy atom. The second kappa shape index (κ2) is 6.07. The molecule has 2 aromatic rings. The molecule has 3 nitrogen and oxygen atoms in total. The maximum absolute atomic E-state index is 3.50. The molecule has 25 heavy (non-hydrogen) atoms. The number of rotatable bonds is 3. The summed E-state index contributed by atoms with van der Waals surface area (Å²) >= 11 is 0. The van der Waals surface area contributed by atoms with E-state index < -0.39 is 0 Å². The van der Waals surface area contributed by atoms with Crippen molar-refractivity contribution in [2.45, 2.75) is 32.1 Å². The first kappa shape index (κ1) is 15.9. The van der Waals surface area contributed by atoms with E-state index in [-0.39, 0.29) is 5.41 Å². The highest BCUT2D eigenvalue weighted by Gasteiger charge is 2.42. The van der Waals surface area contributed by atoms with Crippen molar-refractivity contribution in [3.63, 3.8) is 0 Å². The molecule has 2 aliphatic rings. The van der Waals surface area contributed by atoms with Gasteiger partial charge in [-0.05, 0) is 38.3 Å². The molecule has 2 heterocycles. The Morgan fingerprint density at radius 1 is 1.08 bits per heavy atom. The molecular weight excluding hydrogens is 306 g/mol. The van der Waals surface area contributed by atoms with Crippen molar-refractivity contribution in [1.29, 1.82) is 0 Å². The average molecular weight is 332 g/mol. The second-order valence-corrected chi connectivity index (χ2v) is 7.43. The summed E-state index contributed by atoms with van der Waals surface area (Å²) in [5.74, 6) is 0. The molecule has 2 aliphatic heterocycles. The largest absolute Gasteiger partial charge is 0.305 e. The lowest BCUT2D eigenvalue weighted by molar-refractivity contribution is -0.401. The number of benzene rings is 2. The number of para-hydroxylation sites is 2.